The van der Waals surface area contributed by atoms with Crippen molar-refractivity contribution in [3.05, 3.63) is 23.8 Å². The van der Waals surface area contributed by atoms with Crippen LogP contribution in [0.15, 0.2) is 18.2 Å². The lowest BCUT2D eigenvalue weighted by atomic mass is 9.86. The Morgan fingerprint density at radius 1 is 1.28 bits per heavy atom. The third-order valence-corrected chi connectivity index (χ3v) is 3.87. The van der Waals surface area contributed by atoms with Gasteiger partial charge in [-0.05, 0) is 37.6 Å². The zero-order valence-electron chi connectivity index (χ0n) is 10.8. The van der Waals surface area contributed by atoms with Crippen molar-refractivity contribution in [3.63, 3.8) is 0 Å². The number of carbonyl (C=O) groups excluding carboxylic acids is 1. The summed E-state index contributed by atoms with van der Waals surface area (Å²) >= 11 is 0. The Labute approximate surface area is 107 Å². The number of nitrogens with one attached hydrogen (secondary N) is 1. The molecule has 0 aromatic heterocycles. The van der Waals surface area contributed by atoms with E-state index in [4.69, 9.17) is 4.74 Å². The molecule has 1 amide bonds. The van der Waals surface area contributed by atoms with E-state index in [0.29, 0.717) is 0 Å². The molecule has 0 atom stereocenters. The molecule has 3 rings (SSSR count). The lowest BCUT2D eigenvalue weighted by Gasteiger charge is -2.29. The molecule has 4 nitrogen and oxygen atoms in total. The van der Waals surface area contributed by atoms with Gasteiger partial charge in [-0.1, -0.05) is 0 Å². The van der Waals surface area contributed by atoms with Gasteiger partial charge in [0.1, 0.15) is 0 Å². The predicted molar refractivity (Wildman–Crippen MR) is 71.1 cm³/mol. The Hall–Kier alpha value is -1.55. The van der Waals surface area contributed by atoms with Crippen LogP contribution in [0.4, 0.5) is 11.4 Å². The highest BCUT2D eigenvalue weighted by Crippen LogP contribution is 2.39. The number of carbonyl (C=O) groups is 1. The van der Waals surface area contributed by atoms with Gasteiger partial charge in [0, 0.05) is 24.5 Å². The molecule has 1 aromatic rings. The van der Waals surface area contributed by atoms with Gasteiger partial charge in [-0.15, -0.1) is 0 Å². The van der Waals surface area contributed by atoms with Gasteiger partial charge in [0.25, 0.3) is 0 Å². The van der Waals surface area contributed by atoms with Crippen LogP contribution < -0.4 is 10.2 Å². The second kappa shape index (κ2) is 3.99. The molecule has 0 aliphatic carbocycles. The number of benzene rings is 1. The average Bonchev–Trinajstić information content (AvgIpc) is 2.61. The van der Waals surface area contributed by atoms with Gasteiger partial charge in [-0.25, -0.2) is 0 Å². The summed E-state index contributed by atoms with van der Waals surface area (Å²) < 4.78 is 5.36. The quantitative estimate of drug-likeness (QED) is 0.821. The van der Waals surface area contributed by atoms with E-state index in [9.17, 15) is 4.79 Å². The summed E-state index contributed by atoms with van der Waals surface area (Å²) in [4.78, 5) is 14.2. The molecular weight excluding hydrogens is 228 g/mol. The minimum absolute atomic E-state index is 0.0802. The molecule has 1 N–H and O–H groups in total. The van der Waals surface area contributed by atoms with Crippen molar-refractivity contribution in [1.29, 1.82) is 0 Å². The summed E-state index contributed by atoms with van der Waals surface area (Å²) in [6.07, 6.45) is 0. The van der Waals surface area contributed by atoms with Gasteiger partial charge >= 0.3 is 0 Å². The monoisotopic (exact) mass is 246 g/mol. The summed E-state index contributed by atoms with van der Waals surface area (Å²) in [5, 5.41) is 2.94. The van der Waals surface area contributed by atoms with E-state index in [2.05, 4.69) is 22.3 Å². The summed E-state index contributed by atoms with van der Waals surface area (Å²) in [5.41, 5.74) is 2.79. The fourth-order valence-corrected chi connectivity index (χ4v) is 2.58. The molecule has 96 valence electrons. The van der Waals surface area contributed by atoms with E-state index in [1.807, 2.05) is 19.9 Å². The molecule has 18 heavy (non-hydrogen) atoms. The van der Waals surface area contributed by atoms with Crippen LogP contribution in [0.5, 0.6) is 0 Å². The first-order valence-corrected chi connectivity index (χ1v) is 6.38. The second-order valence-corrected chi connectivity index (χ2v) is 5.41. The third kappa shape index (κ3) is 1.68. The minimum atomic E-state index is -0.433. The Morgan fingerprint density at radius 3 is 2.72 bits per heavy atom. The molecule has 1 saturated heterocycles. The molecule has 4 heteroatoms. The van der Waals surface area contributed by atoms with Crippen molar-refractivity contribution in [2.75, 3.05) is 36.5 Å². The number of anilines is 2. The standard InChI is InChI=1S/C14H18N2O2/c1-14(2)11-9-10(16-5-7-18-8-6-16)3-4-12(11)15-13(14)17/h3-4,9H,5-8H2,1-2H3,(H,15,17). The zero-order chi connectivity index (χ0) is 12.8. The maximum Gasteiger partial charge on any atom is 0.234 e. The first kappa shape index (κ1) is 11.5. The zero-order valence-corrected chi connectivity index (χ0v) is 10.8. The van der Waals surface area contributed by atoms with Crippen molar-refractivity contribution >= 4 is 17.3 Å². The largest absolute Gasteiger partial charge is 0.378 e. The summed E-state index contributed by atoms with van der Waals surface area (Å²) in [6.45, 7) is 7.32. The number of hydrogen-bond acceptors (Lipinski definition) is 3. The topological polar surface area (TPSA) is 41.6 Å². The van der Waals surface area contributed by atoms with Crippen LogP contribution in [0, 0.1) is 0 Å². The summed E-state index contributed by atoms with van der Waals surface area (Å²) in [6, 6.07) is 6.22. The van der Waals surface area contributed by atoms with Crippen LogP contribution in [-0.4, -0.2) is 32.2 Å². The molecule has 0 spiro atoms. The van der Waals surface area contributed by atoms with E-state index in [1.165, 1.54) is 5.69 Å². The Kier molecular flexibility index (Phi) is 2.55. The Morgan fingerprint density at radius 2 is 2.00 bits per heavy atom. The summed E-state index contributed by atoms with van der Waals surface area (Å²) in [7, 11) is 0. The second-order valence-electron chi connectivity index (χ2n) is 5.41. The van der Waals surface area contributed by atoms with Gasteiger partial charge < -0.3 is 15.0 Å². The molecular formula is C14H18N2O2. The SMILES string of the molecule is CC1(C)C(=O)Nc2ccc(N3CCOCC3)cc21. The van der Waals surface area contributed by atoms with Crippen LogP contribution in [-0.2, 0) is 14.9 Å². The van der Waals surface area contributed by atoms with Gasteiger partial charge in [-0.2, -0.15) is 0 Å². The van der Waals surface area contributed by atoms with Gasteiger partial charge in [0.15, 0.2) is 0 Å². The Balaban J connectivity index is 1.96. The van der Waals surface area contributed by atoms with Crippen molar-refractivity contribution in [1.82, 2.24) is 0 Å². The third-order valence-electron chi connectivity index (χ3n) is 3.87. The normalized spacial score (nSPS) is 21.7. The number of hydrogen-bond donors (Lipinski definition) is 1. The van der Waals surface area contributed by atoms with Crippen molar-refractivity contribution < 1.29 is 9.53 Å². The van der Waals surface area contributed by atoms with E-state index >= 15 is 0 Å². The molecule has 0 bridgehead atoms. The molecule has 0 saturated carbocycles. The molecule has 1 fully saturated rings. The maximum atomic E-state index is 11.9. The van der Waals surface area contributed by atoms with E-state index < -0.39 is 5.41 Å². The molecule has 2 aliphatic rings. The van der Waals surface area contributed by atoms with Gasteiger partial charge in [-0.3, -0.25) is 4.79 Å². The number of rotatable bonds is 1. The first-order valence-electron chi connectivity index (χ1n) is 6.38. The van der Waals surface area contributed by atoms with E-state index in [0.717, 1.165) is 37.6 Å². The lowest BCUT2D eigenvalue weighted by molar-refractivity contribution is -0.119. The van der Waals surface area contributed by atoms with Gasteiger partial charge in [0.2, 0.25) is 5.91 Å². The van der Waals surface area contributed by atoms with Crippen LogP contribution in [0.2, 0.25) is 0 Å². The number of nitrogens with zero attached hydrogens (tertiary/aromatic N) is 1. The fourth-order valence-electron chi connectivity index (χ4n) is 2.58. The van der Waals surface area contributed by atoms with Crippen molar-refractivity contribution in [2.24, 2.45) is 0 Å². The molecule has 2 heterocycles. The number of ether oxygens (including phenoxy) is 1. The predicted octanol–water partition coefficient (Wildman–Crippen LogP) is 1.75. The lowest BCUT2D eigenvalue weighted by Crippen LogP contribution is -2.36. The van der Waals surface area contributed by atoms with Crippen LogP contribution >= 0.6 is 0 Å². The molecule has 0 radical (unpaired) electrons. The highest BCUT2D eigenvalue weighted by atomic mass is 16.5. The van der Waals surface area contributed by atoms with Crippen molar-refractivity contribution in [2.45, 2.75) is 19.3 Å². The molecule has 1 aromatic carbocycles. The fraction of sp³-hybridized carbons (Fsp3) is 0.500. The highest BCUT2D eigenvalue weighted by Gasteiger charge is 2.38. The summed E-state index contributed by atoms with van der Waals surface area (Å²) in [5.74, 6) is 0.0802. The van der Waals surface area contributed by atoms with E-state index in [1.54, 1.807) is 0 Å². The van der Waals surface area contributed by atoms with Gasteiger partial charge in [0.05, 0.1) is 18.6 Å². The van der Waals surface area contributed by atoms with Crippen LogP contribution in [0.25, 0.3) is 0 Å². The number of morpholine rings is 1. The molecule has 0 unspecified atom stereocenters. The van der Waals surface area contributed by atoms with E-state index in [-0.39, 0.29) is 5.91 Å². The molecule has 2 aliphatic heterocycles. The number of amides is 1. The Bertz CT molecular complexity index is 491. The van der Waals surface area contributed by atoms with Crippen LogP contribution in [0.1, 0.15) is 19.4 Å². The highest BCUT2D eigenvalue weighted by molar-refractivity contribution is 6.06. The minimum Gasteiger partial charge on any atom is -0.378 e. The number of fused-ring (bicyclic) bond motifs is 1. The smallest absolute Gasteiger partial charge is 0.234 e. The maximum absolute atomic E-state index is 11.9. The first-order chi connectivity index (χ1) is 8.59. The van der Waals surface area contributed by atoms with Crippen LogP contribution in [0.3, 0.4) is 0 Å². The van der Waals surface area contributed by atoms with Crippen molar-refractivity contribution in [3.8, 4) is 0 Å². The average molecular weight is 246 g/mol.